The molecule has 0 aliphatic heterocycles. The molecule has 0 spiro atoms. The molecule has 10 heavy (non-hydrogen) atoms. The van der Waals surface area contributed by atoms with E-state index in [1.807, 2.05) is 6.92 Å². The third-order valence-corrected chi connectivity index (χ3v) is 0.800. The molecule has 1 aromatic rings. The van der Waals surface area contributed by atoms with E-state index in [1.54, 1.807) is 6.07 Å². The van der Waals surface area contributed by atoms with Crippen molar-refractivity contribution in [2.24, 2.45) is 0 Å². The van der Waals surface area contributed by atoms with Gasteiger partial charge in [-0.2, -0.15) is 11.6 Å². The van der Waals surface area contributed by atoms with E-state index in [9.17, 15) is 4.39 Å². The second kappa shape index (κ2) is 5.93. The summed E-state index contributed by atoms with van der Waals surface area (Å²) >= 11 is 4.25. The standard InChI is InChI=1S/C6H5FN.BrH.Zn/c1-5-2-3-6(7)8-4-5;;/h2,4H,1H3;1H;/q-1;;+2/p-1. The van der Waals surface area contributed by atoms with Crippen molar-refractivity contribution in [3.63, 3.8) is 0 Å². The van der Waals surface area contributed by atoms with Crippen LogP contribution in [0.5, 0.6) is 0 Å². The van der Waals surface area contributed by atoms with E-state index in [1.165, 1.54) is 22.5 Å². The predicted octanol–water partition coefficient (Wildman–Crippen LogP) is 2.17. The van der Waals surface area contributed by atoms with Gasteiger partial charge < -0.3 is 0 Å². The zero-order valence-electron chi connectivity index (χ0n) is 5.56. The first-order chi connectivity index (χ1) is 4.79. The van der Waals surface area contributed by atoms with E-state index in [-0.39, 0.29) is 0 Å². The van der Waals surface area contributed by atoms with Crippen LogP contribution in [0.3, 0.4) is 0 Å². The molecule has 0 saturated heterocycles. The molecule has 0 saturated carbocycles. The van der Waals surface area contributed by atoms with Gasteiger partial charge in [0.25, 0.3) is 0 Å². The van der Waals surface area contributed by atoms with Crippen molar-refractivity contribution < 1.29 is 20.7 Å². The molecule has 0 aromatic carbocycles. The van der Waals surface area contributed by atoms with Crippen LogP contribution >= 0.6 is 13.6 Å². The van der Waals surface area contributed by atoms with Gasteiger partial charge in [0.05, 0.1) is 0 Å². The first-order valence-corrected chi connectivity index (χ1v) is 9.50. The van der Waals surface area contributed by atoms with Crippen LogP contribution in [0, 0.1) is 18.9 Å². The summed E-state index contributed by atoms with van der Waals surface area (Å²) in [5.41, 5.74) is 0.923. The average molecular weight is 255 g/mol. The molecule has 0 fully saturated rings. The molecule has 50 valence electrons. The molecule has 0 aliphatic rings. The van der Waals surface area contributed by atoms with Crippen LogP contribution in [0.15, 0.2) is 12.3 Å². The van der Waals surface area contributed by atoms with Gasteiger partial charge in [-0.15, -0.1) is 6.92 Å². The third-order valence-electron chi connectivity index (χ3n) is 0.800. The van der Waals surface area contributed by atoms with E-state index in [2.05, 4.69) is 24.7 Å². The van der Waals surface area contributed by atoms with Gasteiger partial charge in [-0.3, -0.25) is 4.98 Å². The molecule has 1 heterocycles. The summed E-state index contributed by atoms with van der Waals surface area (Å²) in [6.45, 7) is 1.84. The van der Waals surface area contributed by atoms with Gasteiger partial charge in [0.2, 0.25) is 0 Å². The van der Waals surface area contributed by atoms with Crippen molar-refractivity contribution in [3.05, 3.63) is 29.8 Å². The summed E-state index contributed by atoms with van der Waals surface area (Å²) in [5, 5.41) is 0. The molecule has 0 aliphatic carbocycles. The van der Waals surface area contributed by atoms with Crippen molar-refractivity contribution in [3.8, 4) is 0 Å². The summed E-state index contributed by atoms with van der Waals surface area (Å²) in [5.74, 6) is -0.546. The van der Waals surface area contributed by atoms with Crippen LogP contribution in [0.25, 0.3) is 0 Å². The number of hydrogen-bond donors (Lipinski definition) is 0. The summed E-state index contributed by atoms with van der Waals surface area (Å²) in [6.07, 6.45) is 1.46. The van der Waals surface area contributed by atoms with Crippen LogP contribution in [0.1, 0.15) is 5.56 Å². The van der Waals surface area contributed by atoms with E-state index >= 15 is 0 Å². The Balaban J connectivity index is 0.000000371. The van der Waals surface area contributed by atoms with Gasteiger partial charge in [0, 0.05) is 0 Å². The Morgan fingerprint density at radius 3 is 2.60 bits per heavy atom. The van der Waals surface area contributed by atoms with Gasteiger partial charge in [-0.1, -0.05) is 0 Å². The first kappa shape index (κ1) is 10.2. The first-order valence-electron chi connectivity index (χ1n) is 2.55. The van der Waals surface area contributed by atoms with Crippen LogP contribution in [0.4, 0.5) is 4.39 Å². The molecular weight excluding hydrogens is 250 g/mol. The van der Waals surface area contributed by atoms with Crippen LogP contribution < -0.4 is 0 Å². The maximum atomic E-state index is 11.9. The Morgan fingerprint density at radius 1 is 1.70 bits per heavy atom. The number of rotatable bonds is 0. The van der Waals surface area contributed by atoms with Crippen molar-refractivity contribution in [1.82, 2.24) is 4.98 Å². The number of hydrogen-bond acceptors (Lipinski definition) is 1. The number of aromatic nitrogens is 1. The molecule has 0 bridgehead atoms. The number of pyridine rings is 1. The van der Waals surface area contributed by atoms with Gasteiger partial charge >= 0.3 is 30.0 Å². The number of nitrogens with zero attached hydrogens (tertiary/aromatic N) is 1. The molecule has 0 unspecified atom stereocenters. The van der Waals surface area contributed by atoms with Gasteiger partial charge in [0.15, 0.2) is 0 Å². The Morgan fingerprint density at radius 2 is 2.30 bits per heavy atom. The van der Waals surface area contributed by atoms with Crippen LogP contribution in [-0.4, -0.2) is 4.98 Å². The fraction of sp³-hybridized carbons (Fsp3) is 0.167. The molecule has 1 rings (SSSR count). The van der Waals surface area contributed by atoms with Gasteiger partial charge in [0.1, 0.15) is 5.95 Å². The molecule has 0 radical (unpaired) electrons. The third kappa shape index (κ3) is 4.07. The Labute approximate surface area is 76.1 Å². The zero-order valence-corrected chi connectivity index (χ0v) is 10.1. The monoisotopic (exact) mass is 253 g/mol. The van der Waals surface area contributed by atoms with Gasteiger partial charge in [-0.05, 0) is 6.20 Å². The van der Waals surface area contributed by atoms with Crippen molar-refractivity contribution in [1.29, 1.82) is 0 Å². The van der Waals surface area contributed by atoms with Crippen LogP contribution in [0.2, 0.25) is 0 Å². The number of halogens is 2. The van der Waals surface area contributed by atoms with E-state index in [4.69, 9.17) is 0 Å². The molecular formula is C6H5BrFNZn. The average Bonchev–Trinajstić information content (AvgIpc) is 2.00. The number of aryl methyl sites for hydroxylation is 1. The molecule has 1 nitrogen and oxygen atoms in total. The molecule has 0 N–H and O–H groups in total. The minimum absolute atomic E-state index is 0.546. The summed E-state index contributed by atoms with van der Waals surface area (Å²) in [6, 6.07) is 3.88. The van der Waals surface area contributed by atoms with E-state index in [0.29, 0.717) is 0 Å². The topological polar surface area (TPSA) is 12.9 Å². The second-order valence-electron chi connectivity index (χ2n) is 1.58. The van der Waals surface area contributed by atoms with Gasteiger partial charge in [-0.25, -0.2) is 10.5 Å². The van der Waals surface area contributed by atoms with E-state index < -0.39 is 5.95 Å². The predicted molar refractivity (Wildman–Crippen MR) is 36.7 cm³/mol. The molecule has 1 aromatic heterocycles. The normalized spacial score (nSPS) is 8.10. The Hall–Kier alpha value is 0.183. The molecule has 0 atom stereocenters. The Kier molecular flexibility index (Phi) is 6.04. The van der Waals surface area contributed by atoms with Crippen molar-refractivity contribution in [2.75, 3.05) is 0 Å². The quantitative estimate of drug-likeness (QED) is 0.393. The fourth-order valence-corrected chi connectivity index (χ4v) is 0.406. The maximum absolute atomic E-state index is 11.9. The summed E-state index contributed by atoms with van der Waals surface area (Å²) in [4.78, 5) is 3.36. The van der Waals surface area contributed by atoms with E-state index in [0.717, 1.165) is 5.56 Å². The van der Waals surface area contributed by atoms with Crippen molar-refractivity contribution in [2.45, 2.75) is 6.92 Å². The second-order valence-corrected chi connectivity index (χ2v) is 1.58. The zero-order chi connectivity index (χ0) is 7.98. The SMILES string of the molecule is Cc1c[c-]c(F)nc1.[Zn+][Br]. The minimum atomic E-state index is -0.546. The molecule has 4 heteroatoms. The van der Waals surface area contributed by atoms with Crippen LogP contribution in [-0.2, 0) is 16.3 Å². The fourth-order valence-electron chi connectivity index (χ4n) is 0.406. The molecule has 0 amide bonds. The Bertz CT molecular complexity index is 157. The summed E-state index contributed by atoms with van der Waals surface area (Å²) < 4.78 is 11.9. The summed E-state index contributed by atoms with van der Waals surface area (Å²) in [7, 11) is 0. The van der Waals surface area contributed by atoms with Crippen molar-refractivity contribution >= 4 is 13.6 Å².